The lowest BCUT2D eigenvalue weighted by Gasteiger charge is -2.23. The number of halogens is 1. The highest BCUT2D eigenvalue weighted by Crippen LogP contribution is 2.10. The van der Waals surface area contributed by atoms with Crippen LogP contribution in [0.5, 0.6) is 0 Å². The van der Waals surface area contributed by atoms with Gasteiger partial charge in [-0.2, -0.15) is 0 Å². The van der Waals surface area contributed by atoms with Gasteiger partial charge in [0.05, 0.1) is 5.69 Å². The number of nitrogens with zero attached hydrogens (tertiary/aromatic N) is 2. The van der Waals surface area contributed by atoms with Crippen LogP contribution >= 0.6 is 12.4 Å². The molecule has 0 aliphatic carbocycles. The molecule has 2 N–H and O–H groups in total. The summed E-state index contributed by atoms with van der Waals surface area (Å²) in [5.74, 6) is 0. The van der Waals surface area contributed by atoms with Crippen molar-refractivity contribution in [1.29, 1.82) is 0 Å². The van der Waals surface area contributed by atoms with Crippen molar-refractivity contribution in [1.82, 2.24) is 20.0 Å². The minimum atomic E-state index is -3.55. The average molecular weight is 307 g/mol. The Balaban J connectivity index is 0.00000180. The second-order valence-electron chi connectivity index (χ2n) is 4.45. The maximum atomic E-state index is 12.1. The summed E-state index contributed by atoms with van der Waals surface area (Å²) < 4.78 is 26.7. The maximum Gasteiger partial charge on any atom is 0.259 e. The lowest BCUT2D eigenvalue weighted by atomic mass is 10.1. The Kier molecular flexibility index (Phi) is 6.12. The third kappa shape index (κ3) is 4.38. The highest BCUT2D eigenvalue weighted by atomic mass is 35.5. The molecule has 108 valence electrons. The second kappa shape index (κ2) is 7.14. The fourth-order valence-electron chi connectivity index (χ4n) is 2.04. The molecule has 0 amide bonds. The maximum absolute atomic E-state index is 12.1. The van der Waals surface area contributed by atoms with Gasteiger partial charge in [0, 0.05) is 25.0 Å². The molecule has 0 saturated carbocycles. The smallest absolute Gasteiger partial charge is 0.259 e. The number of hydrogen-bond donors (Lipinski definition) is 2. The topological polar surface area (TPSA) is 84.0 Å². The van der Waals surface area contributed by atoms with Gasteiger partial charge in [-0.15, -0.1) is 12.4 Å². The first-order chi connectivity index (χ1) is 8.59. The number of piperidine rings is 1. The molecular formula is C11H19ClN4O2S. The number of sulfonamides is 1. The Labute approximate surface area is 119 Å². The van der Waals surface area contributed by atoms with Crippen molar-refractivity contribution in [2.75, 3.05) is 13.1 Å². The van der Waals surface area contributed by atoms with Crippen molar-refractivity contribution in [3.8, 4) is 0 Å². The van der Waals surface area contributed by atoms with Crippen LogP contribution in [0.4, 0.5) is 0 Å². The Hall–Kier alpha value is -0.760. The average Bonchev–Trinajstić information content (AvgIpc) is 2.38. The van der Waals surface area contributed by atoms with Crippen molar-refractivity contribution in [2.45, 2.75) is 37.3 Å². The van der Waals surface area contributed by atoms with E-state index >= 15 is 0 Å². The molecular weight excluding hydrogens is 288 g/mol. The van der Waals surface area contributed by atoms with E-state index in [1.165, 1.54) is 12.4 Å². The van der Waals surface area contributed by atoms with Crippen LogP contribution in [0.1, 0.15) is 25.0 Å². The second-order valence-corrected chi connectivity index (χ2v) is 6.13. The number of aryl methyl sites for hydroxylation is 1. The van der Waals surface area contributed by atoms with Crippen molar-refractivity contribution >= 4 is 22.4 Å². The predicted molar refractivity (Wildman–Crippen MR) is 74.8 cm³/mol. The molecule has 0 aromatic carbocycles. The van der Waals surface area contributed by atoms with E-state index in [0.29, 0.717) is 12.2 Å². The molecule has 0 spiro atoms. The molecule has 1 aliphatic heterocycles. The predicted octanol–water partition coefficient (Wildman–Crippen LogP) is 0.627. The molecule has 1 unspecified atom stereocenters. The summed E-state index contributed by atoms with van der Waals surface area (Å²) in [4.78, 5) is 7.82. The van der Waals surface area contributed by atoms with Crippen LogP contribution in [-0.4, -0.2) is 37.5 Å². The van der Waals surface area contributed by atoms with Gasteiger partial charge in [-0.25, -0.2) is 18.1 Å². The van der Waals surface area contributed by atoms with Gasteiger partial charge in [0.2, 0.25) is 0 Å². The Morgan fingerprint density at radius 3 is 2.74 bits per heavy atom. The molecule has 0 bridgehead atoms. The van der Waals surface area contributed by atoms with Crippen LogP contribution in [-0.2, 0) is 10.0 Å². The molecule has 19 heavy (non-hydrogen) atoms. The lowest BCUT2D eigenvalue weighted by molar-refractivity contribution is 0.398. The van der Waals surface area contributed by atoms with Crippen LogP contribution in [0.2, 0.25) is 0 Å². The normalized spacial score (nSPS) is 19.7. The Morgan fingerprint density at radius 1 is 1.37 bits per heavy atom. The van der Waals surface area contributed by atoms with E-state index < -0.39 is 10.0 Å². The summed E-state index contributed by atoms with van der Waals surface area (Å²) >= 11 is 0. The Bertz CT molecular complexity index is 503. The first-order valence-electron chi connectivity index (χ1n) is 6.10. The van der Waals surface area contributed by atoms with Crippen molar-refractivity contribution in [3.63, 3.8) is 0 Å². The van der Waals surface area contributed by atoms with Gasteiger partial charge in [-0.3, -0.25) is 4.98 Å². The van der Waals surface area contributed by atoms with Gasteiger partial charge in [0.25, 0.3) is 10.0 Å². The molecule has 1 aromatic heterocycles. The lowest BCUT2D eigenvalue weighted by Crippen LogP contribution is -2.43. The van der Waals surface area contributed by atoms with Crippen LogP contribution in [0, 0.1) is 6.92 Å². The van der Waals surface area contributed by atoms with E-state index in [9.17, 15) is 8.42 Å². The zero-order chi connectivity index (χ0) is 13.0. The number of rotatable bonds is 4. The zero-order valence-corrected chi connectivity index (χ0v) is 12.4. The van der Waals surface area contributed by atoms with Gasteiger partial charge in [-0.05, 0) is 26.3 Å². The first kappa shape index (κ1) is 16.3. The summed E-state index contributed by atoms with van der Waals surface area (Å²) in [6.07, 6.45) is 6.18. The van der Waals surface area contributed by atoms with Gasteiger partial charge in [0.15, 0.2) is 5.03 Å². The third-order valence-corrected chi connectivity index (χ3v) is 4.48. The van der Waals surface area contributed by atoms with Gasteiger partial charge < -0.3 is 5.32 Å². The molecule has 2 rings (SSSR count). The number of nitrogens with one attached hydrogen (secondary N) is 2. The summed E-state index contributed by atoms with van der Waals surface area (Å²) in [5, 5.41) is 3.31. The fourth-order valence-corrected chi connectivity index (χ4v) is 3.23. The fraction of sp³-hybridized carbons (Fsp3) is 0.636. The van der Waals surface area contributed by atoms with E-state index in [4.69, 9.17) is 0 Å². The molecule has 1 atom stereocenters. The number of hydrogen-bond acceptors (Lipinski definition) is 5. The van der Waals surface area contributed by atoms with Gasteiger partial charge >= 0.3 is 0 Å². The molecule has 0 radical (unpaired) electrons. The van der Waals surface area contributed by atoms with Crippen LogP contribution in [0.15, 0.2) is 17.4 Å². The molecule has 1 fully saturated rings. The molecule has 1 saturated heterocycles. The van der Waals surface area contributed by atoms with E-state index in [1.807, 2.05) is 0 Å². The monoisotopic (exact) mass is 306 g/mol. The summed E-state index contributed by atoms with van der Waals surface area (Å²) in [6, 6.07) is 0.213. The van der Waals surface area contributed by atoms with E-state index in [2.05, 4.69) is 20.0 Å². The van der Waals surface area contributed by atoms with Crippen molar-refractivity contribution in [3.05, 3.63) is 18.1 Å². The van der Waals surface area contributed by atoms with Crippen molar-refractivity contribution < 1.29 is 8.42 Å². The summed E-state index contributed by atoms with van der Waals surface area (Å²) in [7, 11) is -3.55. The van der Waals surface area contributed by atoms with E-state index in [0.717, 1.165) is 25.8 Å². The SMILES string of the molecule is Cc1nccnc1S(=O)(=O)NCC1CCCCN1.Cl. The summed E-state index contributed by atoms with van der Waals surface area (Å²) in [6.45, 7) is 3.00. The molecule has 1 aromatic rings. The Morgan fingerprint density at radius 2 is 2.11 bits per heavy atom. The zero-order valence-electron chi connectivity index (χ0n) is 10.8. The van der Waals surface area contributed by atoms with E-state index in [1.54, 1.807) is 6.92 Å². The quantitative estimate of drug-likeness (QED) is 0.852. The molecule has 1 aliphatic rings. The largest absolute Gasteiger partial charge is 0.313 e. The van der Waals surface area contributed by atoms with Crippen molar-refractivity contribution in [2.24, 2.45) is 0 Å². The van der Waals surface area contributed by atoms with Crippen LogP contribution in [0.25, 0.3) is 0 Å². The van der Waals surface area contributed by atoms with Crippen LogP contribution in [0.3, 0.4) is 0 Å². The highest BCUT2D eigenvalue weighted by Gasteiger charge is 2.21. The standard InChI is InChI=1S/C11H18N4O2S.ClH/c1-9-11(14-7-6-12-9)18(16,17)15-8-10-4-2-3-5-13-10;/h6-7,10,13,15H,2-5,8H2,1H3;1H. The molecule has 6 nitrogen and oxygen atoms in total. The molecule has 2 heterocycles. The first-order valence-corrected chi connectivity index (χ1v) is 7.58. The summed E-state index contributed by atoms with van der Waals surface area (Å²) in [5.41, 5.74) is 0.418. The van der Waals surface area contributed by atoms with Crippen LogP contribution < -0.4 is 10.0 Å². The van der Waals surface area contributed by atoms with Gasteiger partial charge in [0.1, 0.15) is 0 Å². The number of aromatic nitrogens is 2. The van der Waals surface area contributed by atoms with Gasteiger partial charge in [-0.1, -0.05) is 6.42 Å². The minimum absolute atomic E-state index is 0. The highest BCUT2D eigenvalue weighted by molar-refractivity contribution is 7.89. The molecule has 8 heteroatoms. The van der Waals surface area contributed by atoms with E-state index in [-0.39, 0.29) is 23.5 Å². The minimum Gasteiger partial charge on any atom is -0.313 e. The third-order valence-electron chi connectivity index (χ3n) is 3.02.